The van der Waals surface area contributed by atoms with Crippen molar-refractivity contribution in [2.24, 2.45) is 11.8 Å². The second-order valence-electron chi connectivity index (χ2n) is 6.36. The fourth-order valence-electron chi connectivity index (χ4n) is 2.96. The number of hydrogen-bond acceptors (Lipinski definition) is 3. The molecule has 3 rings (SSSR count). The van der Waals surface area contributed by atoms with Gasteiger partial charge >= 0.3 is 0 Å². The van der Waals surface area contributed by atoms with Crippen LogP contribution in [0.5, 0.6) is 0 Å². The number of pyridine rings is 1. The molecule has 2 unspecified atom stereocenters. The van der Waals surface area contributed by atoms with Gasteiger partial charge in [0.15, 0.2) is 0 Å². The van der Waals surface area contributed by atoms with Crippen LogP contribution in [0, 0.1) is 11.8 Å². The average Bonchev–Trinajstić information content (AvgIpc) is 3.46. The highest BCUT2D eigenvalue weighted by atomic mass is 16.2. The Morgan fingerprint density at radius 2 is 1.80 bits per heavy atom. The van der Waals surface area contributed by atoms with E-state index >= 15 is 0 Å². The lowest BCUT2D eigenvalue weighted by molar-refractivity contribution is -0.135. The average molecular weight is 337 g/mol. The fraction of sp³-hybridized carbons (Fsp3) is 0.350. The molecule has 1 saturated carbocycles. The summed E-state index contributed by atoms with van der Waals surface area (Å²) in [6.45, 7) is 3.69. The van der Waals surface area contributed by atoms with Crippen molar-refractivity contribution in [3.63, 3.8) is 0 Å². The predicted molar refractivity (Wildman–Crippen MR) is 95.2 cm³/mol. The van der Waals surface area contributed by atoms with Gasteiger partial charge in [0.2, 0.25) is 11.8 Å². The van der Waals surface area contributed by atoms with Crippen molar-refractivity contribution in [3.8, 4) is 0 Å². The van der Waals surface area contributed by atoms with E-state index in [9.17, 15) is 9.59 Å². The molecule has 1 aliphatic rings. The van der Waals surface area contributed by atoms with E-state index in [2.05, 4.69) is 10.3 Å². The molecule has 130 valence electrons. The summed E-state index contributed by atoms with van der Waals surface area (Å²) >= 11 is 0. The highest BCUT2D eigenvalue weighted by molar-refractivity contribution is 5.92. The quantitative estimate of drug-likeness (QED) is 0.844. The number of carbonyl (C=O) groups is 2. The van der Waals surface area contributed by atoms with Gasteiger partial charge in [-0.05, 0) is 36.6 Å². The van der Waals surface area contributed by atoms with Gasteiger partial charge in [0.25, 0.3) is 0 Å². The zero-order valence-corrected chi connectivity index (χ0v) is 14.4. The Labute approximate surface area is 148 Å². The molecule has 5 heteroatoms. The summed E-state index contributed by atoms with van der Waals surface area (Å²) in [6, 6.07) is 13.7. The molecule has 0 radical (unpaired) electrons. The molecule has 1 aromatic heterocycles. The normalized spacial score (nSPS) is 18.4. The zero-order valence-electron chi connectivity index (χ0n) is 14.4. The summed E-state index contributed by atoms with van der Waals surface area (Å²) < 4.78 is 0. The van der Waals surface area contributed by atoms with Crippen molar-refractivity contribution >= 4 is 11.8 Å². The first-order valence-corrected chi connectivity index (χ1v) is 8.68. The summed E-state index contributed by atoms with van der Waals surface area (Å²) in [4.78, 5) is 30.7. The molecule has 2 atom stereocenters. The second-order valence-corrected chi connectivity index (χ2v) is 6.36. The van der Waals surface area contributed by atoms with E-state index in [-0.39, 0.29) is 23.7 Å². The van der Waals surface area contributed by atoms with E-state index in [4.69, 9.17) is 0 Å². The van der Waals surface area contributed by atoms with Gasteiger partial charge in [-0.2, -0.15) is 0 Å². The fourth-order valence-corrected chi connectivity index (χ4v) is 2.96. The van der Waals surface area contributed by atoms with Crippen LogP contribution in [0.3, 0.4) is 0 Å². The molecule has 0 saturated heterocycles. The van der Waals surface area contributed by atoms with Crippen LogP contribution in [0.4, 0.5) is 0 Å². The monoisotopic (exact) mass is 337 g/mol. The number of benzene rings is 1. The van der Waals surface area contributed by atoms with Gasteiger partial charge in [-0.25, -0.2) is 0 Å². The first-order valence-electron chi connectivity index (χ1n) is 8.68. The smallest absolute Gasteiger partial charge is 0.226 e. The van der Waals surface area contributed by atoms with E-state index in [0.29, 0.717) is 26.1 Å². The van der Waals surface area contributed by atoms with Crippen LogP contribution in [0.15, 0.2) is 54.9 Å². The molecule has 1 heterocycles. The molecule has 0 spiro atoms. The van der Waals surface area contributed by atoms with Crippen molar-refractivity contribution in [2.45, 2.75) is 26.4 Å². The molecule has 1 aromatic carbocycles. The molecule has 1 fully saturated rings. The van der Waals surface area contributed by atoms with E-state index in [1.807, 2.05) is 54.3 Å². The lowest BCUT2D eigenvalue weighted by Crippen LogP contribution is -2.33. The summed E-state index contributed by atoms with van der Waals surface area (Å²) in [5.74, 6) is -0.332. The van der Waals surface area contributed by atoms with Gasteiger partial charge in [0.1, 0.15) is 0 Å². The highest BCUT2D eigenvalue weighted by Gasteiger charge is 2.49. The summed E-state index contributed by atoms with van der Waals surface area (Å²) in [6.07, 6.45) is 4.05. The number of nitrogens with one attached hydrogen (secondary N) is 1. The molecular formula is C20H23N3O2. The molecule has 1 N–H and O–H groups in total. The van der Waals surface area contributed by atoms with Crippen LogP contribution in [0.1, 0.15) is 24.5 Å². The minimum Gasteiger partial charge on any atom is -0.352 e. The van der Waals surface area contributed by atoms with Gasteiger partial charge in [-0.1, -0.05) is 30.3 Å². The van der Waals surface area contributed by atoms with Crippen molar-refractivity contribution < 1.29 is 9.59 Å². The van der Waals surface area contributed by atoms with Crippen LogP contribution >= 0.6 is 0 Å². The third-order valence-electron chi connectivity index (χ3n) is 4.57. The Morgan fingerprint density at radius 1 is 1.08 bits per heavy atom. The Balaban J connectivity index is 1.51. The van der Waals surface area contributed by atoms with Crippen molar-refractivity contribution in [2.75, 3.05) is 6.54 Å². The Bertz CT molecular complexity index is 718. The second kappa shape index (κ2) is 7.92. The number of carbonyl (C=O) groups excluding carboxylic acids is 2. The Kier molecular flexibility index (Phi) is 5.43. The summed E-state index contributed by atoms with van der Waals surface area (Å²) in [5.41, 5.74) is 2.11. The number of aromatic nitrogens is 1. The van der Waals surface area contributed by atoms with Crippen LogP contribution in [0.2, 0.25) is 0 Å². The minimum absolute atomic E-state index is 0.0362. The molecular weight excluding hydrogens is 314 g/mol. The van der Waals surface area contributed by atoms with Crippen LogP contribution in [0.25, 0.3) is 0 Å². The maximum absolute atomic E-state index is 12.7. The highest BCUT2D eigenvalue weighted by Crippen LogP contribution is 2.40. The van der Waals surface area contributed by atoms with Crippen LogP contribution in [-0.2, 0) is 22.7 Å². The van der Waals surface area contributed by atoms with Crippen molar-refractivity contribution in [3.05, 3.63) is 66.0 Å². The molecule has 0 aliphatic heterocycles. The summed E-state index contributed by atoms with van der Waals surface area (Å²) in [5, 5.41) is 2.91. The molecule has 2 amide bonds. The Hall–Kier alpha value is -2.69. The van der Waals surface area contributed by atoms with Gasteiger partial charge in [-0.15, -0.1) is 0 Å². The van der Waals surface area contributed by atoms with Gasteiger partial charge in [0, 0.05) is 32.0 Å². The lowest BCUT2D eigenvalue weighted by atomic mass is 10.2. The molecule has 2 aromatic rings. The standard InChI is InChI=1S/C20H23N3O2/c1-2-23(14-16-6-4-3-5-7-16)20(25)18-12-17(18)19(24)22-13-15-8-10-21-11-9-15/h3-11,17-18H,2,12-14H2,1H3,(H,22,24). The molecule has 25 heavy (non-hydrogen) atoms. The number of nitrogens with zero attached hydrogens (tertiary/aromatic N) is 2. The van der Waals surface area contributed by atoms with Gasteiger partial charge in [0.05, 0.1) is 11.8 Å². The van der Waals surface area contributed by atoms with Gasteiger partial charge < -0.3 is 10.2 Å². The van der Waals surface area contributed by atoms with Crippen molar-refractivity contribution in [1.82, 2.24) is 15.2 Å². The van der Waals surface area contributed by atoms with E-state index in [0.717, 1.165) is 11.1 Å². The lowest BCUT2D eigenvalue weighted by Gasteiger charge is -2.21. The van der Waals surface area contributed by atoms with E-state index < -0.39 is 0 Å². The largest absolute Gasteiger partial charge is 0.352 e. The summed E-state index contributed by atoms with van der Waals surface area (Å²) in [7, 11) is 0. The third-order valence-corrected chi connectivity index (χ3v) is 4.57. The van der Waals surface area contributed by atoms with Crippen molar-refractivity contribution in [1.29, 1.82) is 0 Å². The molecule has 5 nitrogen and oxygen atoms in total. The maximum atomic E-state index is 12.7. The third kappa shape index (κ3) is 4.44. The predicted octanol–water partition coefficient (Wildman–Crippen LogP) is 2.38. The maximum Gasteiger partial charge on any atom is 0.226 e. The van der Waals surface area contributed by atoms with Crippen LogP contribution < -0.4 is 5.32 Å². The van der Waals surface area contributed by atoms with Crippen LogP contribution in [-0.4, -0.2) is 28.2 Å². The zero-order chi connectivity index (χ0) is 17.6. The molecule has 0 bridgehead atoms. The first-order chi connectivity index (χ1) is 12.2. The number of hydrogen-bond donors (Lipinski definition) is 1. The SMILES string of the molecule is CCN(Cc1ccccc1)C(=O)C1CC1C(=O)NCc1ccncc1. The number of rotatable bonds is 7. The van der Waals surface area contributed by atoms with E-state index in [1.54, 1.807) is 12.4 Å². The Morgan fingerprint density at radius 3 is 2.48 bits per heavy atom. The van der Waals surface area contributed by atoms with E-state index in [1.165, 1.54) is 0 Å². The number of amides is 2. The first kappa shape index (κ1) is 17.1. The molecule has 1 aliphatic carbocycles. The van der Waals surface area contributed by atoms with Gasteiger partial charge in [-0.3, -0.25) is 14.6 Å². The topological polar surface area (TPSA) is 62.3 Å². The minimum atomic E-state index is -0.195.